The minimum Gasteiger partial charge on any atom is -0.508 e. The maximum absolute atomic E-state index is 14.6. The molecule has 0 aromatic heterocycles. The van der Waals surface area contributed by atoms with Gasteiger partial charge in [-0.05, 0) is 149 Å². The van der Waals surface area contributed by atoms with Crippen molar-refractivity contribution in [3.05, 3.63) is 29.8 Å². The average Bonchev–Trinajstić information content (AvgIpc) is 1.70. The van der Waals surface area contributed by atoms with Gasteiger partial charge in [-0.1, -0.05) is 81.4 Å². The van der Waals surface area contributed by atoms with E-state index < -0.39 is 198 Å². The number of carboxylic acid groups (broad SMARTS) is 1. The summed E-state index contributed by atoms with van der Waals surface area (Å²) in [6, 6.07) is -11.3. The van der Waals surface area contributed by atoms with Gasteiger partial charge in [0, 0.05) is 19.4 Å². The molecule has 2 saturated heterocycles. The molecule has 35 heteroatoms. The largest absolute Gasteiger partial charge is 0.508 e. The van der Waals surface area contributed by atoms with Crippen molar-refractivity contribution in [1.29, 1.82) is 0 Å². The van der Waals surface area contributed by atoms with Crippen LogP contribution in [0, 0.1) is 29.6 Å². The number of likely N-dealkylation sites (tertiary alicyclic amines) is 1. The number of phenolic OH excluding ortho intramolecular Hbond substituents is 1. The number of aliphatic hydroxyl groups is 1. The molecule has 2 aliphatic rings. The van der Waals surface area contributed by atoms with E-state index in [2.05, 4.69) is 63.8 Å². The normalized spacial score (nSPS) is 17.4. The SMILES string of the molecule is CSCC[C@H](NC(=O)[C@H](CO)NC(=O)[C@H](CC(=O)O)NC(=O)[C@H](CCCCN)NC(=O)[C@@H]1CCCN1)C(=O)N[C@@H](CC(C)C)C(=O)N[C@@H](CC(C)C)C(=O)N[C@@H](CC(C)C)C(=O)N[C@@H](CCC(N)=O)C(=O)N[C@H](C(=O)N1CCC[C@H]1C(=O)N[C@H](C(=O)N[C@@H](Cc1ccc(O)cc1)C(N)=O)C(C)C)C(C)C. The van der Waals surface area contributed by atoms with Crippen molar-refractivity contribution in [3.63, 3.8) is 0 Å². The molecule has 1 aromatic rings. The third-order valence-corrected chi connectivity index (χ3v) is 18.4. The van der Waals surface area contributed by atoms with E-state index in [1.165, 1.54) is 28.8 Å². The van der Waals surface area contributed by atoms with Crippen molar-refractivity contribution >= 4 is 100 Å². The van der Waals surface area contributed by atoms with Crippen molar-refractivity contribution in [3.8, 4) is 5.75 Å². The minimum atomic E-state index is -1.81. The van der Waals surface area contributed by atoms with Crippen LogP contribution in [0.5, 0.6) is 5.75 Å². The number of hydrogen-bond donors (Lipinski definition) is 18. The molecule has 590 valence electrons. The number of unbranched alkanes of at least 4 members (excludes halogenated alkanes) is 1. The Morgan fingerprint density at radius 3 is 1.44 bits per heavy atom. The molecule has 13 atom stereocenters. The molecule has 105 heavy (non-hydrogen) atoms. The zero-order valence-corrected chi connectivity index (χ0v) is 63.2. The molecule has 2 heterocycles. The second kappa shape index (κ2) is 45.6. The number of aromatic hydroxyl groups is 1. The molecule has 21 N–H and O–H groups in total. The number of phenols is 1. The first-order valence-corrected chi connectivity index (χ1v) is 37.6. The Morgan fingerprint density at radius 2 is 0.981 bits per heavy atom. The molecule has 0 spiro atoms. The highest BCUT2D eigenvalue weighted by atomic mass is 32.2. The van der Waals surface area contributed by atoms with Gasteiger partial charge < -0.3 is 101 Å². The van der Waals surface area contributed by atoms with Crippen molar-refractivity contribution in [2.75, 3.05) is 38.2 Å². The Balaban J connectivity index is 1.84. The first-order valence-electron chi connectivity index (χ1n) is 36.2. The molecule has 2 aliphatic heterocycles. The summed E-state index contributed by atoms with van der Waals surface area (Å²) in [7, 11) is 0. The third-order valence-electron chi connectivity index (χ3n) is 17.7. The highest BCUT2D eigenvalue weighted by Gasteiger charge is 2.43. The van der Waals surface area contributed by atoms with Gasteiger partial charge in [-0.25, -0.2) is 0 Å². The molecule has 0 aliphatic carbocycles. The zero-order valence-electron chi connectivity index (χ0n) is 62.4. The fourth-order valence-corrected chi connectivity index (χ4v) is 12.5. The molecule has 34 nitrogen and oxygen atoms in total. The fraction of sp³-hybridized carbons (Fsp3) is 0.700. The Bertz CT molecular complexity index is 3120. The second-order valence-electron chi connectivity index (χ2n) is 28.9. The topological polar surface area (TPSA) is 542 Å². The van der Waals surface area contributed by atoms with E-state index in [0.29, 0.717) is 37.8 Å². The summed E-state index contributed by atoms with van der Waals surface area (Å²) >= 11 is 1.30. The van der Waals surface area contributed by atoms with Crippen LogP contribution >= 0.6 is 11.8 Å². The molecule has 0 unspecified atom stereocenters. The van der Waals surface area contributed by atoms with Crippen LogP contribution < -0.4 is 81.0 Å². The van der Waals surface area contributed by atoms with Crippen LogP contribution in [0.15, 0.2) is 24.3 Å². The molecule has 0 bridgehead atoms. The summed E-state index contributed by atoms with van der Waals surface area (Å²) in [5, 5.41) is 61.5. The van der Waals surface area contributed by atoms with Crippen LogP contribution in [0.1, 0.15) is 165 Å². The monoisotopic (exact) mass is 1500 g/mol. The second-order valence-corrected chi connectivity index (χ2v) is 29.8. The van der Waals surface area contributed by atoms with Gasteiger partial charge in [0.25, 0.3) is 0 Å². The van der Waals surface area contributed by atoms with Crippen molar-refractivity contribution in [2.45, 2.75) is 244 Å². The number of amides is 14. The molecular weight excluding hydrogens is 1380 g/mol. The van der Waals surface area contributed by atoms with Gasteiger partial charge in [0.15, 0.2) is 0 Å². The smallest absolute Gasteiger partial charge is 0.305 e. The number of benzene rings is 1. The van der Waals surface area contributed by atoms with Gasteiger partial charge in [-0.15, -0.1) is 0 Å². The maximum atomic E-state index is 14.6. The lowest BCUT2D eigenvalue weighted by Crippen LogP contribution is -2.61. The Kier molecular flexibility index (Phi) is 39.3. The van der Waals surface area contributed by atoms with Crippen molar-refractivity contribution in [1.82, 2.24) is 68.7 Å². The Morgan fingerprint density at radius 1 is 0.524 bits per heavy atom. The van der Waals surface area contributed by atoms with E-state index in [1.807, 2.05) is 0 Å². The fourth-order valence-electron chi connectivity index (χ4n) is 12.0. The number of thioether (sulfide) groups is 1. The standard InChI is InChI=1S/C70H116N16O18S/c1-36(2)30-48(63(97)76-45(23-24-54(72)89)62(96)85-57(40(9)10)70(104)86-28-15-18-53(86)68(102)84-56(39(7)8)69(103)78-47(58(73)92)33-41-19-21-42(88)22-20-41)80-65(99)50(32-38(5)6)81-64(98)49(31-37(3)4)79-61(95)46(25-29-105-11)77-67(101)52(35-87)83-66(100)51(34-55(90)91)82-60(94)44(16-12-13-26-71)75-59(93)43-17-14-27-74-43/h19-22,36-40,43-53,56-57,74,87-88H,12-18,23-35,71H2,1-11H3,(H2,72,89)(H2,73,92)(H,75,93)(H,76,97)(H,77,101)(H,78,103)(H,79,95)(H,80,99)(H,81,98)(H,82,94)(H,83,100)(H,84,102)(H,85,96)(H,90,91)/t43-,44-,45-,46-,47-,48-,49-,50-,51-,52-,53-,56-,57-/m0/s1. The first-order chi connectivity index (χ1) is 49.4. The van der Waals surface area contributed by atoms with Gasteiger partial charge >= 0.3 is 5.97 Å². The van der Waals surface area contributed by atoms with Crippen LogP contribution in [0.3, 0.4) is 0 Å². The molecule has 0 radical (unpaired) electrons. The summed E-state index contributed by atoms with van der Waals surface area (Å²) < 4.78 is 0. The summed E-state index contributed by atoms with van der Waals surface area (Å²) in [4.78, 5) is 207. The number of carbonyl (C=O) groups is 15. The number of hydrogen-bond acceptors (Lipinski definition) is 20. The quantitative estimate of drug-likeness (QED) is 0.0302. The number of nitrogens with two attached hydrogens (primary N) is 3. The van der Waals surface area contributed by atoms with Crippen LogP contribution in [-0.2, 0) is 78.3 Å². The lowest BCUT2D eigenvalue weighted by atomic mass is 9.98. The third kappa shape index (κ3) is 31.5. The Hall–Kier alpha value is -8.70. The van der Waals surface area contributed by atoms with Crippen molar-refractivity contribution < 1.29 is 87.2 Å². The van der Waals surface area contributed by atoms with E-state index in [0.717, 1.165) is 6.42 Å². The van der Waals surface area contributed by atoms with E-state index >= 15 is 0 Å². The number of rotatable bonds is 47. The van der Waals surface area contributed by atoms with E-state index in [1.54, 1.807) is 87.6 Å². The number of carbonyl (C=O) groups excluding carboxylic acids is 14. The van der Waals surface area contributed by atoms with Crippen LogP contribution in [0.2, 0.25) is 0 Å². The molecule has 0 saturated carbocycles. The van der Waals surface area contributed by atoms with Gasteiger partial charge in [-0.2, -0.15) is 11.8 Å². The molecule has 14 amide bonds. The molecule has 2 fully saturated rings. The molecular formula is C70H116N16O18S. The first kappa shape index (κ1) is 90.5. The number of carboxylic acids is 1. The van der Waals surface area contributed by atoms with Gasteiger partial charge in [0.05, 0.1) is 19.1 Å². The lowest BCUT2D eigenvalue weighted by Gasteiger charge is -2.33. The summed E-state index contributed by atoms with van der Waals surface area (Å²) in [6.07, 6.45) is 2.64. The van der Waals surface area contributed by atoms with Crippen LogP contribution in [-0.4, -0.2) is 226 Å². The van der Waals surface area contributed by atoms with Gasteiger partial charge in [0.1, 0.15) is 78.3 Å². The average molecular weight is 1500 g/mol. The maximum Gasteiger partial charge on any atom is 0.305 e. The number of nitrogens with zero attached hydrogens (tertiary/aromatic N) is 1. The summed E-state index contributed by atoms with van der Waals surface area (Å²) in [6.45, 7) is 17.1. The number of primary amides is 2. The highest BCUT2D eigenvalue weighted by Crippen LogP contribution is 2.23. The molecule has 3 rings (SSSR count). The number of aliphatic carboxylic acids is 1. The van der Waals surface area contributed by atoms with Crippen molar-refractivity contribution in [2.24, 2.45) is 46.8 Å². The predicted octanol–water partition coefficient (Wildman–Crippen LogP) is -2.44. The molecule has 1 aromatic carbocycles. The van der Waals surface area contributed by atoms with Gasteiger partial charge in [0.2, 0.25) is 82.7 Å². The van der Waals surface area contributed by atoms with Gasteiger partial charge in [-0.3, -0.25) is 71.9 Å². The summed E-state index contributed by atoms with van der Waals surface area (Å²) in [5.41, 5.74) is 17.4. The number of aliphatic hydroxyl groups excluding tert-OH is 1. The highest BCUT2D eigenvalue weighted by molar-refractivity contribution is 7.98. The Labute approximate surface area is 618 Å². The zero-order chi connectivity index (χ0) is 78.9. The van der Waals surface area contributed by atoms with E-state index in [4.69, 9.17) is 17.2 Å². The number of nitrogens with one attached hydrogen (secondary N) is 12. The minimum absolute atomic E-state index is 0.000479. The van der Waals surface area contributed by atoms with E-state index in [9.17, 15) is 87.2 Å². The van der Waals surface area contributed by atoms with E-state index in [-0.39, 0.29) is 93.7 Å². The summed E-state index contributed by atoms with van der Waals surface area (Å²) in [5.74, 6) is -15.0. The lowest BCUT2D eigenvalue weighted by molar-refractivity contribution is -0.143. The predicted molar refractivity (Wildman–Crippen MR) is 390 cm³/mol. The van der Waals surface area contributed by atoms with Crippen LogP contribution in [0.4, 0.5) is 0 Å². The van der Waals surface area contributed by atoms with Crippen LogP contribution in [0.25, 0.3) is 0 Å².